The standard InChI is InChI=1S/C15H11ClN4S/c16-10-6-7-11(14-9(10)3-2-8-18-14)19-13-5-1-4-12(20-13)15(17)21/h1-8H,(H2,17,21)(H,19,20). The van der Waals surface area contributed by atoms with Crippen LogP contribution < -0.4 is 11.1 Å². The quantitative estimate of drug-likeness (QED) is 0.722. The number of benzene rings is 1. The van der Waals surface area contributed by atoms with E-state index in [1.54, 1.807) is 12.3 Å². The van der Waals surface area contributed by atoms with Gasteiger partial charge in [-0.25, -0.2) is 4.98 Å². The smallest absolute Gasteiger partial charge is 0.131 e. The van der Waals surface area contributed by atoms with Gasteiger partial charge in [-0.15, -0.1) is 0 Å². The third kappa shape index (κ3) is 2.79. The van der Waals surface area contributed by atoms with Gasteiger partial charge in [0.15, 0.2) is 0 Å². The highest BCUT2D eigenvalue weighted by molar-refractivity contribution is 7.80. The molecule has 3 aromatic rings. The summed E-state index contributed by atoms with van der Waals surface area (Å²) in [5.41, 5.74) is 7.77. The highest BCUT2D eigenvalue weighted by Crippen LogP contribution is 2.29. The third-order valence-corrected chi connectivity index (χ3v) is 3.52. The van der Waals surface area contributed by atoms with Gasteiger partial charge in [0, 0.05) is 11.6 Å². The first-order valence-electron chi connectivity index (χ1n) is 6.22. The lowest BCUT2D eigenvalue weighted by atomic mass is 10.2. The van der Waals surface area contributed by atoms with E-state index in [0.717, 1.165) is 16.6 Å². The Bertz CT molecular complexity index is 835. The largest absolute Gasteiger partial charge is 0.388 e. The first-order chi connectivity index (χ1) is 10.1. The van der Waals surface area contributed by atoms with Crippen molar-refractivity contribution in [2.24, 2.45) is 5.73 Å². The van der Waals surface area contributed by atoms with Gasteiger partial charge in [-0.05, 0) is 36.4 Å². The molecule has 1 aromatic carbocycles. The molecule has 2 heterocycles. The average molecular weight is 315 g/mol. The fourth-order valence-electron chi connectivity index (χ4n) is 2.02. The molecule has 0 saturated carbocycles. The molecule has 2 aromatic heterocycles. The number of rotatable bonds is 3. The summed E-state index contributed by atoms with van der Waals surface area (Å²) in [7, 11) is 0. The van der Waals surface area contributed by atoms with Crippen LogP contribution in [0.25, 0.3) is 10.9 Å². The van der Waals surface area contributed by atoms with E-state index in [-0.39, 0.29) is 4.99 Å². The zero-order valence-electron chi connectivity index (χ0n) is 10.9. The summed E-state index contributed by atoms with van der Waals surface area (Å²) in [5.74, 6) is 0.648. The third-order valence-electron chi connectivity index (χ3n) is 2.98. The molecule has 104 valence electrons. The van der Waals surface area contributed by atoms with Crippen LogP contribution in [0.2, 0.25) is 5.02 Å². The van der Waals surface area contributed by atoms with Crippen molar-refractivity contribution in [1.29, 1.82) is 0 Å². The molecule has 0 aliphatic rings. The minimum absolute atomic E-state index is 0.262. The second-order valence-electron chi connectivity index (χ2n) is 4.39. The molecule has 0 bridgehead atoms. The van der Waals surface area contributed by atoms with Crippen molar-refractivity contribution in [2.75, 3.05) is 5.32 Å². The second-order valence-corrected chi connectivity index (χ2v) is 5.24. The van der Waals surface area contributed by atoms with Crippen molar-refractivity contribution >= 4 is 51.2 Å². The van der Waals surface area contributed by atoms with E-state index in [4.69, 9.17) is 29.6 Å². The van der Waals surface area contributed by atoms with Crippen molar-refractivity contribution < 1.29 is 0 Å². The number of hydrogen-bond donors (Lipinski definition) is 2. The SMILES string of the molecule is NC(=S)c1cccc(Nc2ccc(Cl)c3cccnc23)n1. The summed E-state index contributed by atoms with van der Waals surface area (Å²) < 4.78 is 0. The van der Waals surface area contributed by atoms with E-state index < -0.39 is 0 Å². The van der Waals surface area contributed by atoms with Crippen LogP contribution in [-0.4, -0.2) is 15.0 Å². The van der Waals surface area contributed by atoms with Crippen LogP contribution in [0.4, 0.5) is 11.5 Å². The van der Waals surface area contributed by atoms with Crippen molar-refractivity contribution in [3.05, 3.63) is 59.4 Å². The number of nitrogens with one attached hydrogen (secondary N) is 1. The fraction of sp³-hybridized carbons (Fsp3) is 0. The van der Waals surface area contributed by atoms with Gasteiger partial charge in [0.1, 0.15) is 10.8 Å². The van der Waals surface area contributed by atoms with Gasteiger partial charge in [-0.2, -0.15) is 0 Å². The van der Waals surface area contributed by atoms with Crippen LogP contribution in [0, 0.1) is 0 Å². The maximum atomic E-state index is 6.18. The number of halogens is 1. The molecule has 3 rings (SSSR count). The van der Waals surface area contributed by atoms with Gasteiger partial charge in [0.25, 0.3) is 0 Å². The molecule has 0 aliphatic carbocycles. The maximum Gasteiger partial charge on any atom is 0.131 e. The fourth-order valence-corrected chi connectivity index (χ4v) is 2.35. The normalized spacial score (nSPS) is 10.5. The van der Waals surface area contributed by atoms with Gasteiger partial charge in [-0.3, -0.25) is 4.98 Å². The summed E-state index contributed by atoms with van der Waals surface area (Å²) >= 11 is 11.1. The Labute approximate surface area is 132 Å². The predicted molar refractivity (Wildman–Crippen MR) is 90.2 cm³/mol. The summed E-state index contributed by atoms with van der Waals surface area (Å²) in [6, 6.07) is 12.9. The summed E-state index contributed by atoms with van der Waals surface area (Å²) in [5, 5.41) is 4.77. The molecule has 6 heteroatoms. The summed E-state index contributed by atoms with van der Waals surface area (Å²) in [6.45, 7) is 0. The first kappa shape index (κ1) is 13.7. The Balaban J connectivity index is 2.04. The monoisotopic (exact) mass is 314 g/mol. The average Bonchev–Trinajstić information content (AvgIpc) is 2.51. The van der Waals surface area contributed by atoms with Crippen LogP contribution in [-0.2, 0) is 0 Å². The zero-order valence-corrected chi connectivity index (χ0v) is 12.4. The molecule has 0 fully saturated rings. The minimum Gasteiger partial charge on any atom is -0.388 e. The number of nitrogens with two attached hydrogens (primary N) is 1. The van der Waals surface area contributed by atoms with Crippen LogP contribution in [0.3, 0.4) is 0 Å². The van der Waals surface area contributed by atoms with E-state index in [1.165, 1.54) is 0 Å². The number of fused-ring (bicyclic) bond motifs is 1. The Kier molecular flexibility index (Phi) is 3.68. The maximum absolute atomic E-state index is 6.18. The van der Waals surface area contributed by atoms with Crippen molar-refractivity contribution in [3.63, 3.8) is 0 Å². The highest BCUT2D eigenvalue weighted by atomic mass is 35.5. The molecule has 0 aliphatic heterocycles. The van der Waals surface area contributed by atoms with Crippen molar-refractivity contribution in [3.8, 4) is 0 Å². The van der Waals surface area contributed by atoms with Gasteiger partial charge in [0.05, 0.1) is 21.9 Å². The van der Waals surface area contributed by atoms with Crippen molar-refractivity contribution in [2.45, 2.75) is 0 Å². The molecule has 0 saturated heterocycles. The van der Waals surface area contributed by atoms with E-state index in [2.05, 4.69) is 15.3 Å². The van der Waals surface area contributed by atoms with Gasteiger partial charge in [0.2, 0.25) is 0 Å². The van der Waals surface area contributed by atoms with E-state index in [9.17, 15) is 0 Å². The van der Waals surface area contributed by atoms with Crippen LogP contribution in [0.5, 0.6) is 0 Å². The summed E-state index contributed by atoms with van der Waals surface area (Å²) in [4.78, 5) is 8.99. The molecule has 0 atom stereocenters. The zero-order chi connectivity index (χ0) is 14.8. The van der Waals surface area contributed by atoms with Crippen LogP contribution in [0.1, 0.15) is 5.69 Å². The Hall–Kier alpha value is -2.24. The lowest BCUT2D eigenvalue weighted by Gasteiger charge is -2.10. The van der Waals surface area contributed by atoms with Crippen molar-refractivity contribution in [1.82, 2.24) is 9.97 Å². The number of thiocarbonyl (C=S) groups is 1. The molecule has 0 spiro atoms. The Morgan fingerprint density at radius 1 is 1.14 bits per heavy atom. The van der Waals surface area contributed by atoms with Gasteiger partial charge in [-0.1, -0.05) is 29.9 Å². The van der Waals surface area contributed by atoms with Crippen LogP contribution >= 0.6 is 23.8 Å². The second kappa shape index (κ2) is 5.63. The summed E-state index contributed by atoms with van der Waals surface area (Å²) in [6.07, 6.45) is 1.72. The van der Waals surface area contributed by atoms with E-state index in [0.29, 0.717) is 16.5 Å². The molecular formula is C15H11ClN4S. The number of nitrogens with zero attached hydrogens (tertiary/aromatic N) is 2. The number of aromatic nitrogens is 2. The first-order valence-corrected chi connectivity index (χ1v) is 7.01. The molecule has 4 nitrogen and oxygen atoms in total. The van der Waals surface area contributed by atoms with Crippen LogP contribution in [0.15, 0.2) is 48.7 Å². The topological polar surface area (TPSA) is 63.8 Å². The number of anilines is 2. The molecular weight excluding hydrogens is 304 g/mol. The molecule has 0 radical (unpaired) electrons. The molecule has 21 heavy (non-hydrogen) atoms. The van der Waals surface area contributed by atoms with Gasteiger partial charge >= 0.3 is 0 Å². The highest BCUT2D eigenvalue weighted by Gasteiger charge is 2.07. The lowest BCUT2D eigenvalue weighted by molar-refractivity contribution is 1.28. The number of pyridine rings is 2. The molecule has 0 amide bonds. The lowest BCUT2D eigenvalue weighted by Crippen LogP contribution is -2.12. The van der Waals surface area contributed by atoms with Gasteiger partial charge < -0.3 is 11.1 Å². The van der Waals surface area contributed by atoms with E-state index >= 15 is 0 Å². The minimum atomic E-state index is 0.262. The number of hydrogen-bond acceptors (Lipinski definition) is 4. The predicted octanol–water partition coefficient (Wildman–Crippen LogP) is 3.66. The Morgan fingerprint density at radius 3 is 2.81 bits per heavy atom. The Morgan fingerprint density at radius 2 is 2.00 bits per heavy atom. The molecule has 3 N–H and O–H groups in total. The van der Waals surface area contributed by atoms with E-state index in [1.807, 2.05) is 36.4 Å². The molecule has 0 unspecified atom stereocenters.